The second kappa shape index (κ2) is 6.18. The van der Waals surface area contributed by atoms with E-state index in [1.165, 1.54) is 23.8 Å². The molecule has 0 unspecified atom stereocenters. The Morgan fingerprint density at radius 3 is 2.76 bits per heavy atom. The highest BCUT2D eigenvalue weighted by atomic mass is 79.9. The van der Waals surface area contributed by atoms with E-state index in [1.807, 2.05) is 0 Å². The Kier molecular flexibility index (Phi) is 4.71. The summed E-state index contributed by atoms with van der Waals surface area (Å²) in [6.07, 6.45) is 0. The number of nitrogens with two attached hydrogens (primary N) is 1. The Labute approximate surface area is 129 Å². The van der Waals surface area contributed by atoms with Crippen molar-refractivity contribution in [3.8, 4) is 11.4 Å². The number of hydrogen-bond acceptors (Lipinski definition) is 5. The van der Waals surface area contributed by atoms with Gasteiger partial charge in [-0.1, -0.05) is 6.07 Å². The minimum Gasteiger partial charge on any atom is -0.383 e. The molecule has 21 heavy (non-hydrogen) atoms. The molecule has 10 heteroatoms. The summed E-state index contributed by atoms with van der Waals surface area (Å²) < 4.78 is 43.6. The van der Waals surface area contributed by atoms with Gasteiger partial charge in [-0.3, -0.25) is 4.57 Å². The van der Waals surface area contributed by atoms with Crippen molar-refractivity contribution in [2.75, 3.05) is 13.7 Å². The third kappa shape index (κ3) is 3.28. The van der Waals surface area contributed by atoms with Gasteiger partial charge >= 0.3 is 0 Å². The maximum Gasteiger partial charge on any atom is 0.273 e. The lowest BCUT2D eigenvalue weighted by molar-refractivity contribution is 0.185. The summed E-state index contributed by atoms with van der Waals surface area (Å²) in [5.74, 6) is -0.501. The molecule has 7 nitrogen and oxygen atoms in total. The second-order valence-electron chi connectivity index (χ2n) is 4.10. The highest BCUT2D eigenvalue weighted by molar-refractivity contribution is 9.10. The molecule has 0 atom stereocenters. The molecule has 2 aromatic rings. The molecule has 0 radical (unpaired) electrons. The Balaban J connectivity index is 2.64. The van der Waals surface area contributed by atoms with Gasteiger partial charge in [0, 0.05) is 7.11 Å². The number of benzene rings is 1. The molecule has 0 saturated heterocycles. The molecule has 2 N–H and O–H groups in total. The first-order chi connectivity index (χ1) is 9.86. The standard InChI is InChI=1S/C11H12BrFN4O3S/c1-20-6-5-17-10(15-16-11(17)21(14,18)19)7-3-2-4-8(12)9(7)13/h2-4H,5-6H2,1H3,(H2,14,18,19). The van der Waals surface area contributed by atoms with Crippen LogP contribution >= 0.6 is 15.9 Å². The molecule has 1 aromatic carbocycles. The van der Waals surface area contributed by atoms with E-state index in [0.717, 1.165) is 0 Å². The zero-order valence-corrected chi connectivity index (χ0v) is 13.4. The fraction of sp³-hybridized carbons (Fsp3) is 0.273. The maximum absolute atomic E-state index is 14.2. The molecule has 0 spiro atoms. The lowest BCUT2D eigenvalue weighted by atomic mass is 10.2. The first-order valence-corrected chi connectivity index (χ1v) is 8.09. The number of halogens is 2. The van der Waals surface area contributed by atoms with Gasteiger partial charge in [-0.15, -0.1) is 10.2 Å². The molecule has 0 aliphatic rings. The number of hydrogen-bond donors (Lipinski definition) is 1. The van der Waals surface area contributed by atoms with Crippen LogP contribution in [0.25, 0.3) is 11.4 Å². The van der Waals surface area contributed by atoms with Crippen molar-refractivity contribution < 1.29 is 17.5 Å². The van der Waals surface area contributed by atoms with Crippen LogP contribution in [0.3, 0.4) is 0 Å². The third-order valence-corrected chi connectivity index (χ3v) is 4.11. The van der Waals surface area contributed by atoms with Crippen LogP contribution in [0.5, 0.6) is 0 Å². The van der Waals surface area contributed by atoms with Crippen LogP contribution in [0.2, 0.25) is 0 Å². The van der Waals surface area contributed by atoms with E-state index in [-0.39, 0.29) is 29.0 Å². The number of primary sulfonamides is 1. The Hall–Kier alpha value is -1.36. The van der Waals surface area contributed by atoms with E-state index in [2.05, 4.69) is 26.1 Å². The van der Waals surface area contributed by atoms with Crippen molar-refractivity contribution in [3.05, 3.63) is 28.5 Å². The molecular weight excluding hydrogens is 367 g/mol. The Bertz CT molecular complexity index is 763. The lowest BCUT2D eigenvalue weighted by Gasteiger charge is -2.09. The predicted molar refractivity (Wildman–Crippen MR) is 76.4 cm³/mol. The fourth-order valence-electron chi connectivity index (χ4n) is 1.76. The van der Waals surface area contributed by atoms with Crippen LogP contribution in [0.4, 0.5) is 4.39 Å². The summed E-state index contributed by atoms with van der Waals surface area (Å²) in [4.78, 5) is 0. The van der Waals surface area contributed by atoms with E-state index in [4.69, 9.17) is 9.88 Å². The van der Waals surface area contributed by atoms with E-state index in [0.29, 0.717) is 0 Å². The molecule has 0 bridgehead atoms. The number of nitrogens with zero attached hydrogens (tertiary/aromatic N) is 3. The zero-order valence-electron chi connectivity index (χ0n) is 11.0. The van der Waals surface area contributed by atoms with Gasteiger partial charge in [-0.2, -0.15) is 0 Å². The molecular formula is C11H12BrFN4O3S. The normalized spacial score (nSPS) is 11.8. The Morgan fingerprint density at radius 1 is 1.43 bits per heavy atom. The first kappa shape index (κ1) is 16.0. The average Bonchev–Trinajstić information content (AvgIpc) is 2.83. The van der Waals surface area contributed by atoms with Crippen molar-refractivity contribution in [1.29, 1.82) is 0 Å². The van der Waals surface area contributed by atoms with Crippen LogP contribution < -0.4 is 5.14 Å². The van der Waals surface area contributed by atoms with Crippen molar-refractivity contribution >= 4 is 26.0 Å². The fourth-order valence-corrected chi connectivity index (χ4v) is 2.76. The van der Waals surface area contributed by atoms with E-state index < -0.39 is 21.0 Å². The van der Waals surface area contributed by atoms with Crippen molar-refractivity contribution in [1.82, 2.24) is 14.8 Å². The summed E-state index contributed by atoms with van der Waals surface area (Å²) in [5.41, 5.74) is 0.114. The van der Waals surface area contributed by atoms with Crippen molar-refractivity contribution in [2.24, 2.45) is 5.14 Å². The second-order valence-corrected chi connectivity index (χ2v) is 6.41. The van der Waals surface area contributed by atoms with Crippen molar-refractivity contribution in [3.63, 3.8) is 0 Å². The van der Waals surface area contributed by atoms with E-state index in [1.54, 1.807) is 6.07 Å². The quantitative estimate of drug-likeness (QED) is 0.840. The highest BCUT2D eigenvalue weighted by Crippen LogP contribution is 2.27. The third-order valence-electron chi connectivity index (χ3n) is 2.68. The zero-order chi connectivity index (χ0) is 15.6. The molecule has 114 valence electrons. The van der Waals surface area contributed by atoms with Gasteiger partial charge in [-0.25, -0.2) is 17.9 Å². The SMILES string of the molecule is COCCn1c(-c2cccc(Br)c2F)nnc1S(N)(=O)=O. The topological polar surface area (TPSA) is 100 Å². The van der Waals surface area contributed by atoms with Crippen LogP contribution in [-0.2, 0) is 21.3 Å². The first-order valence-electron chi connectivity index (χ1n) is 5.75. The van der Waals surface area contributed by atoms with Crippen LogP contribution in [0, 0.1) is 5.82 Å². The van der Waals surface area contributed by atoms with Gasteiger partial charge in [-0.05, 0) is 28.1 Å². The van der Waals surface area contributed by atoms with Gasteiger partial charge in [0.15, 0.2) is 5.82 Å². The summed E-state index contributed by atoms with van der Waals surface area (Å²) in [6.45, 7) is 0.319. The lowest BCUT2D eigenvalue weighted by Crippen LogP contribution is -2.20. The Morgan fingerprint density at radius 2 is 2.14 bits per heavy atom. The summed E-state index contributed by atoms with van der Waals surface area (Å²) in [6, 6.07) is 4.60. The molecule has 0 saturated carbocycles. The molecule has 0 aliphatic carbocycles. The highest BCUT2D eigenvalue weighted by Gasteiger charge is 2.23. The smallest absolute Gasteiger partial charge is 0.273 e. The van der Waals surface area contributed by atoms with Gasteiger partial charge in [0.25, 0.3) is 15.2 Å². The molecule has 0 fully saturated rings. The molecule has 2 rings (SSSR count). The van der Waals surface area contributed by atoms with Crippen LogP contribution in [-0.4, -0.2) is 36.9 Å². The van der Waals surface area contributed by atoms with Crippen LogP contribution in [0.15, 0.2) is 27.8 Å². The average molecular weight is 379 g/mol. The van der Waals surface area contributed by atoms with E-state index in [9.17, 15) is 12.8 Å². The minimum atomic E-state index is -4.07. The monoisotopic (exact) mass is 378 g/mol. The number of ether oxygens (including phenoxy) is 1. The molecule has 0 aliphatic heterocycles. The van der Waals surface area contributed by atoms with Gasteiger partial charge in [0.1, 0.15) is 5.82 Å². The van der Waals surface area contributed by atoms with Crippen molar-refractivity contribution in [2.45, 2.75) is 11.7 Å². The largest absolute Gasteiger partial charge is 0.383 e. The number of aromatic nitrogens is 3. The van der Waals surface area contributed by atoms with Gasteiger partial charge in [0.05, 0.1) is 23.2 Å². The number of methoxy groups -OCH3 is 1. The summed E-state index contributed by atoms with van der Waals surface area (Å²) in [7, 11) is -2.62. The summed E-state index contributed by atoms with van der Waals surface area (Å²) in [5, 5.41) is 12.0. The summed E-state index contributed by atoms with van der Waals surface area (Å²) >= 11 is 3.07. The van der Waals surface area contributed by atoms with Gasteiger partial charge in [0.2, 0.25) is 0 Å². The molecule has 0 amide bonds. The van der Waals surface area contributed by atoms with Crippen LogP contribution in [0.1, 0.15) is 0 Å². The minimum absolute atomic E-state index is 0.0647. The molecule has 1 aromatic heterocycles. The van der Waals surface area contributed by atoms with E-state index >= 15 is 0 Å². The number of rotatable bonds is 5. The number of sulfonamides is 1. The molecule has 1 heterocycles. The maximum atomic E-state index is 14.2. The predicted octanol–water partition coefficient (Wildman–Crippen LogP) is 1.14. The van der Waals surface area contributed by atoms with Gasteiger partial charge < -0.3 is 4.74 Å².